The summed E-state index contributed by atoms with van der Waals surface area (Å²) in [6, 6.07) is 3.75. The predicted molar refractivity (Wildman–Crippen MR) is 49.1 cm³/mol. The molecule has 0 atom stereocenters. The van der Waals surface area contributed by atoms with Gasteiger partial charge in [0.1, 0.15) is 0 Å². The van der Waals surface area contributed by atoms with Gasteiger partial charge in [-0.05, 0) is 13.0 Å². The van der Waals surface area contributed by atoms with Crippen molar-refractivity contribution >= 4 is 12.6 Å². The molecule has 0 aliphatic carbocycles. The van der Waals surface area contributed by atoms with E-state index in [0.29, 0.717) is 5.75 Å². The van der Waals surface area contributed by atoms with Crippen molar-refractivity contribution in [2.45, 2.75) is 12.7 Å². The van der Waals surface area contributed by atoms with Crippen molar-refractivity contribution in [3.8, 4) is 0 Å². The molecule has 0 spiro atoms. The van der Waals surface area contributed by atoms with E-state index in [0.717, 1.165) is 11.3 Å². The second-order valence-electron chi connectivity index (χ2n) is 2.52. The molecular formula is C8H11NOS. The van der Waals surface area contributed by atoms with Crippen LogP contribution in [0.1, 0.15) is 11.3 Å². The first-order valence-electron chi connectivity index (χ1n) is 3.43. The lowest BCUT2D eigenvalue weighted by Crippen LogP contribution is -2.21. The molecule has 0 radical (unpaired) electrons. The largest absolute Gasteiger partial charge is 0.316 e. The summed E-state index contributed by atoms with van der Waals surface area (Å²) in [4.78, 5) is 11.3. The molecule has 0 saturated carbocycles. The highest BCUT2D eigenvalue weighted by Crippen LogP contribution is 1.98. The maximum absolute atomic E-state index is 11.3. The average molecular weight is 169 g/mol. The van der Waals surface area contributed by atoms with Gasteiger partial charge in [0, 0.05) is 24.1 Å². The van der Waals surface area contributed by atoms with E-state index in [4.69, 9.17) is 0 Å². The van der Waals surface area contributed by atoms with E-state index < -0.39 is 0 Å². The molecule has 0 aliphatic heterocycles. The molecule has 0 saturated heterocycles. The van der Waals surface area contributed by atoms with E-state index in [2.05, 4.69) is 12.6 Å². The van der Waals surface area contributed by atoms with Gasteiger partial charge < -0.3 is 4.57 Å². The Bertz CT molecular complexity index is 316. The number of pyridine rings is 1. The molecule has 0 aromatic carbocycles. The molecule has 0 N–H and O–H groups in total. The first kappa shape index (κ1) is 8.40. The van der Waals surface area contributed by atoms with Crippen LogP contribution in [-0.2, 0) is 12.8 Å². The van der Waals surface area contributed by atoms with Gasteiger partial charge in [-0.1, -0.05) is 6.07 Å². The summed E-state index contributed by atoms with van der Waals surface area (Å²) < 4.78 is 1.63. The highest BCUT2D eigenvalue weighted by atomic mass is 32.1. The fraction of sp³-hybridized carbons (Fsp3) is 0.375. The number of hydrogen-bond donors (Lipinski definition) is 1. The van der Waals surface area contributed by atoms with Crippen LogP contribution in [-0.4, -0.2) is 4.57 Å². The average Bonchev–Trinajstić information content (AvgIpc) is 2.01. The fourth-order valence-electron chi connectivity index (χ4n) is 0.900. The third kappa shape index (κ3) is 1.48. The van der Waals surface area contributed by atoms with Crippen LogP contribution < -0.4 is 5.56 Å². The smallest absolute Gasteiger partial charge is 0.254 e. The first-order chi connectivity index (χ1) is 5.16. The summed E-state index contributed by atoms with van der Waals surface area (Å²) >= 11 is 4.05. The molecule has 0 aliphatic rings. The molecular weight excluding hydrogens is 158 g/mol. The van der Waals surface area contributed by atoms with Crippen LogP contribution in [0.2, 0.25) is 0 Å². The topological polar surface area (TPSA) is 22.0 Å². The monoisotopic (exact) mass is 169 g/mol. The van der Waals surface area contributed by atoms with Crippen molar-refractivity contribution < 1.29 is 0 Å². The zero-order valence-corrected chi connectivity index (χ0v) is 7.56. The summed E-state index contributed by atoms with van der Waals surface area (Å²) in [7, 11) is 1.77. The number of hydrogen-bond acceptors (Lipinski definition) is 2. The standard InChI is InChI=1S/C8H11NOS/c1-6-3-4-7(5-11)8(10)9(6)2/h3-4,11H,5H2,1-2H3. The second kappa shape index (κ2) is 3.13. The highest BCUT2D eigenvalue weighted by molar-refractivity contribution is 7.79. The maximum Gasteiger partial charge on any atom is 0.254 e. The quantitative estimate of drug-likeness (QED) is 0.625. The number of aromatic nitrogens is 1. The summed E-state index contributed by atoms with van der Waals surface area (Å²) in [6.07, 6.45) is 0. The van der Waals surface area contributed by atoms with Crippen LogP contribution in [0.25, 0.3) is 0 Å². The molecule has 0 amide bonds. The lowest BCUT2D eigenvalue weighted by Gasteiger charge is -2.03. The Kier molecular flexibility index (Phi) is 2.39. The Labute approximate surface area is 71.3 Å². The van der Waals surface area contributed by atoms with Gasteiger partial charge in [0.2, 0.25) is 0 Å². The molecule has 0 unspecified atom stereocenters. The van der Waals surface area contributed by atoms with E-state index in [1.54, 1.807) is 11.6 Å². The minimum absolute atomic E-state index is 0.0556. The Balaban J connectivity index is 3.37. The van der Waals surface area contributed by atoms with Crippen LogP contribution in [0, 0.1) is 6.92 Å². The van der Waals surface area contributed by atoms with E-state index in [9.17, 15) is 4.79 Å². The number of aryl methyl sites for hydroxylation is 1. The van der Waals surface area contributed by atoms with Gasteiger partial charge in [0.05, 0.1) is 0 Å². The zero-order valence-electron chi connectivity index (χ0n) is 6.66. The molecule has 2 nitrogen and oxygen atoms in total. The molecule has 60 valence electrons. The van der Waals surface area contributed by atoms with Gasteiger partial charge in [-0.2, -0.15) is 12.6 Å². The van der Waals surface area contributed by atoms with Crippen molar-refractivity contribution in [2.75, 3.05) is 0 Å². The number of thiol groups is 1. The lowest BCUT2D eigenvalue weighted by molar-refractivity contribution is 0.807. The van der Waals surface area contributed by atoms with Crippen molar-refractivity contribution in [2.24, 2.45) is 7.05 Å². The first-order valence-corrected chi connectivity index (χ1v) is 4.06. The van der Waals surface area contributed by atoms with Gasteiger partial charge in [-0.25, -0.2) is 0 Å². The Morgan fingerprint density at radius 1 is 1.55 bits per heavy atom. The lowest BCUT2D eigenvalue weighted by atomic mass is 10.3. The van der Waals surface area contributed by atoms with Crippen LogP contribution in [0.4, 0.5) is 0 Å². The number of nitrogens with zero attached hydrogens (tertiary/aromatic N) is 1. The number of rotatable bonds is 1. The van der Waals surface area contributed by atoms with Gasteiger partial charge >= 0.3 is 0 Å². The van der Waals surface area contributed by atoms with E-state index >= 15 is 0 Å². The summed E-state index contributed by atoms with van der Waals surface area (Å²) in [6.45, 7) is 1.91. The third-order valence-electron chi connectivity index (χ3n) is 1.80. The molecule has 1 rings (SSSR count). The van der Waals surface area contributed by atoms with E-state index in [1.165, 1.54) is 0 Å². The highest BCUT2D eigenvalue weighted by Gasteiger charge is 1.99. The van der Waals surface area contributed by atoms with Gasteiger partial charge in [0.15, 0.2) is 0 Å². The van der Waals surface area contributed by atoms with Crippen LogP contribution in [0.3, 0.4) is 0 Å². The molecule has 11 heavy (non-hydrogen) atoms. The summed E-state index contributed by atoms with van der Waals surface area (Å²) in [5.41, 5.74) is 1.78. The van der Waals surface area contributed by atoms with Gasteiger partial charge in [0.25, 0.3) is 5.56 Å². The SMILES string of the molecule is Cc1ccc(CS)c(=O)n1C. The fourth-order valence-corrected chi connectivity index (χ4v) is 1.14. The molecule has 1 aromatic rings. The zero-order chi connectivity index (χ0) is 8.43. The molecule has 0 fully saturated rings. The molecule has 0 bridgehead atoms. The summed E-state index contributed by atoms with van der Waals surface area (Å²) in [5, 5.41) is 0. The maximum atomic E-state index is 11.3. The normalized spacial score (nSPS) is 10.1. The van der Waals surface area contributed by atoms with Crippen molar-refractivity contribution in [1.82, 2.24) is 4.57 Å². The summed E-state index contributed by atoms with van der Waals surface area (Å²) in [5.74, 6) is 0.507. The Hall–Kier alpha value is -0.700. The third-order valence-corrected chi connectivity index (χ3v) is 2.15. The molecule has 3 heteroatoms. The van der Waals surface area contributed by atoms with Crippen molar-refractivity contribution in [3.63, 3.8) is 0 Å². The van der Waals surface area contributed by atoms with Crippen molar-refractivity contribution in [1.29, 1.82) is 0 Å². The second-order valence-corrected chi connectivity index (χ2v) is 2.84. The predicted octanol–water partition coefficient (Wildman–Crippen LogP) is 1.12. The van der Waals surface area contributed by atoms with Gasteiger partial charge in [-0.3, -0.25) is 4.79 Å². The molecule has 1 heterocycles. The minimum Gasteiger partial charge on any atom is -0.316 e. The minimum atomic E-state index is 0.0556. The van der Waals surface area contributed by atoms with Crippen molar-refractivity contribution in [3.05, 3.63) is 33.7 Å². The Morgan fingerprint density at radius 2 is 2.18 bits per heavy atom. The van der Waals surface area contributed by atoms with E-state index in [1.807, 2.05) is 19.1 Å². The molecule has 1 aromatic heterocycles. The van der Waals surface area contributed by atoms with Crippen LogP contribution in [0.5, 0.6) is 0 Å². The Morgan fingerprint density at radius 3 is 2.73 bits per heavy atom. The van der Waals surface area contributed by atoms with Crippen LogP contribution in [0.15, 0.2) is 16.9 Å². The van der Waals surface area contributed by atoms with E-state index in [-0.39, 0.29) is 5.56 Å². The van der Waals surface area contributed by atoms with Gasteiger partial charge in [-0.15, -0.1) is 0 Å². The van der Waals surface area contributed by atoms with Crippen LogP contribution >= 0.6 is 12.6 Å².